The number of imide groups is 1. The molecule has 3 aliphatic rings. The Morgan fingerprint density at radius 3 is 2.88 bits per heavy atom. The molecule has 0 bridgehead atoms. The third kappa shape index (κ3) is 5.32. The zero-order chi connectivity index (χ0) is 23.4. The number of benzene rings is 1. The molecule has 2 fully saturated rings. The summed E-state index contributed by atoms with van der Waals surface area (Å²) < 4.78 is 10.6. The topological polar surface area (TPSA) is 105 Å². The Bertz CT molecular complexity index is 994. The van der Waals surface area contributed by atoms with Gasteiger partial charge < -0.3 is 19.7 Å². The van der Waals surface area contributed by atoms with Crippen LogP contribution in [0.2, 0.25) is 0 Å². The zero-order valence-corrected chi connectivity index (χ0v) is 19.3. The van der Waals surface area contributed by atoms with Gasteiger partial charge in [0.1, 0.15) is 0 Å². The number of thioether (sulfide) groups is 1. The van der Waals surface area contributed by atoms with E-state index in [2.05, 4.69) is 5.32 Å². The molecule has 4 rings (SSSR count). The van der Waals surface area contributed by atoms with Gasteiger partial charge in [-0.2, -0.15) is 0 Å². The second-order valence-corrected chi connectivity index (χ2v) is 9.16. The van der Waals surface area contributed by atoms with E-state index < -0.39 is 0 Å². The van der Waals surface area contributed by atoms with Crippen molar-refractivity contribution in [2.75, 3.05) is 33.0 Å². The van der Waals surface area contributed by atoms with E-state index in [1.54, 1.807) is 29.2 Å². The Kier molecular flexibility index (Phi) is 7.22. The SMILES string of the molecule is CCCC(=O)N1CCCC(C(=O)NCCN2C(=O)S/C(=C/c3ccc4c(c3)OCO4)C2=O)C1. The summed E-state index contributed by atoms with van der Waals surface area (Å²) >= 11 is 0.875. The fourth-order valence-corrected chi connectivity index (χ4v) is 4.94. The number of carbonyl (C=O) groups excluding carboxylic acids is 4. The highest BCUT2D eigenvalue weighted by Crippen LogP contribution is 2.36. The van der Waals surface area contributed by atoms with Crippen molar-refractivity contribution < 1.29 is 28.7 Å². The maximum absolute atomic E-state index is 12.7. The molecule has 0 saturated carbocycles. The van der Waals surface area contributed by atoms with Gasteiger partial charge in [0, 0.05) is 32.6 Å². The van der Waals surface area contributed by atoms with E-state index in [-0.39, 0.29) is 48.8 Å². The van der Waals surface area contributed by atoms with E-state index in [0.29, 0.717) is 35.9 Å². The molecule has 1 aromatic carbocycles. The van der Waals surface area contributed by atoms with Gasteiger partial charge >= 0.3 is 0 Å². The first-order valence-corrected chi connectivity index (χ1v) is 12.0. The van der Waals surface area contributed by atoms with Gasteiger partial charge in [-0.1, -0.05) is 13.0 Å². The van der Waals surface area contributed by atoms with Crippen LogP contribution < -0.4 is 14.8 Å². The van der Waals surface area contributed by atoms with Gasteiger partial charge in [0.15, 0.2) is 11.5 Å². The van der Waals surface area contributed by atoms with E-state index in [9.17, 15) is 19.2 Å². The van der Waals surface area contributed by atoms with Gasteiger partial charge in [0.2, 0.25) is 18.6 Å². The molecule has 176 valence electrons. The first kappa shape index (κ1) is 23.2. The third-order valence-corrected chi connectivity index (χ3v) is 6.72. The molecule has 0 aliphatic carbocycles. The molecule has 1 atom stereocenters. The Labute approximate surface area is 196 Å². The highest BCUT2D eigenvalue weighted by atomic mass is 32.2. The van der Waals surface area contributed by atoms with Crippen LogP contribution in [0.25, 0.3) is 6.08 Å². The van der Waals surface area contributed by atoms with Crippen LogP contribution in [-0.4, -0.2) is 65.7 Å². The molecular formula is C23H27N3O6S. The summed E-state index contributed by atoms with van der Waals surface area (Å²) in [5.41, 5.74) is 0.734. The first-order chi connectivity index (χ1) is 16.0. The van der Waals surface area contributed by atoms with Crippen LogP contribution in [0.4, 0.5) is 4.79 Å². The molecule has 0 radical (unpaired) electrons. The number of nitrogens with one attached hydrogen (secondary N) is 1. The molecule has 3 aliphatic heterocycles. The number of hydrogen-bond donors (Lipinski definition) is 1. The van der Waals surface area contributed by atoms with E-state index in [1.165, 1.54) is 0 Å². The van der Waals surface area contributed by atoms with Crippen LogP contribution in [0.1, 0.15) is 38.2 Å². The third-order valence-electron chi connectivity index (χ3n) is 5.81. The lowest BCUT2D eigenvalue weighted by Crippen LogP contribution is -2.46. The Hall–Kier alpha value is -3.01. The lowest BCUT2D eigenvalue weighted by molar-refractivity contribution is -0.136. The number of piperidine rings is 1. The first-order valence-electron chi connectivity index (χ1n) is 11.2. The van der Waals surface area contributed by atoms with Crippen LogP contribution in [0.3, 0.4) is 0 Å². The molecule has 4 amide bonds. The van der Waals surface area contributed by atoms with Gasteiger partial charge in [0.25, 0.3) is 11.1 Å². The van der Waals surface area contributed by atoms with Gasteiger partial charge in [-0.3, -0.25) is 24.1 Å². The minimum atomic E-state index is -0.383. The number of likely N-dealkylation sites (tertiary alicyclic amines) is 1. The van der Waals surface area contributed by atoms with Crippen molar-refractivity contribution in [3.63, 3.8) is 0 Å². The van der Waals surface area contributed by atoms with Crippen molar-refractivity contribution >= 4 is 40.8 Å². The van der Waals surface area contributed by atoms with E-state index >= 15 is 0 Å². The van der Waals surface area contributed by atoms with Gasteiger partial charge in [-0.05, 0) is 54.8 Å². The average molecular weight is 474 g/mol. The van der Waals surface area contributed by atoms with Crippen molar-refractivity contribution in [2.45, 2.75) is 32.6 Å². The quantitative estimate of drug-likeness (QED) is 0.607. The molecule has 1 unspecified atom stereocenters. The lowest BCUT2D eigenvalue weighted by atomic mass is 9.96. The number of nitrogens with zero attached hydrogens (tertiary/aromatic N) is 2. The predicted molar refractivity (Wildman–Crippen MR) is 122 cm³/mol. The monoisotopic (exact) mass is 473 g/mol. The second-order valence-electron chi connectivity index (χ2n) is 8.17. The Balaban J connectivity index is 1.29. The second kappa shape index (κ2) is 10.3. The van der Waals surface area contributed by atoms with Crippen molar-refractivity contribution in [1.29, 1.82) is 0 Å². The molecular weight excluding hydrogens is 446 g/mol. The van der Waals surface area contributed by atoms with E-state index in [1.807, 2.05) is 6.92 Å². The molecule has 1 aromatic rings. The van der Waals surface area contributed by atoms with Gasteiger partial charge in [0.05, 0.1) is 10.8 Å². The summed E-state index contributed by atoms with van der Waals surface area (Å²) in [5, 5.41) is 2.46. The van der Waals surface area contributed by atoms with Crippen LogP contribution in [0.15, 0.2) is 23.1 Å². The largest absolute Gasteiger partial charge is 0.454 e. The maximum atomic E-state index is 12.7. The Morgan fingerprint density at radius 2 is 2.06 bits per heavy atom. The summed E-state index contributed by atoms with van der Waals surface area (Å²) in [4.78, 5) is 53.0. The predicted octanol–water partition coefficient (Wildman–Crippen LogP) is 2.61. The molecule has 0 aromatic heterocycles. The fourth-order valence-electron chi connectivity index (χ4n) is 4.07. The van der Waals surface area contributed by atoms with E-state index in [0.717, 1.165) is 41.5 Å². The van der Waals surface area contributed by atoms with Crippen LogP contribution in [0.5, 0.6) is 11.5 Å². The number of carbonyl (C=O) groups is 4. The number of rotatable bonds is 7. The molecule has 10 heteroatoms. The van der Waals surface area contributed by atoms with E-state index in [4.69, 9.17) is 9.47 Å². The zero-order valence-electron chi connectivity index (χ0n) is 18.5. The van der Waals surface area contributed by atoms with Gasteiger partial charge in [-0.15, -0.1) is 0 Å². The van der Waals surface area contributed by atoms with Crippen LogP contribution in [0, 0.1) is 5.92 Å². The fraction of sp³-hybridized carbons (Fsp3) is 0.478. The molecule has 9 nitrogen and oxygen atoms in total. The van der Waals surface area contributed by atoms with Crippen molar-refractivity contribution in [3.8, 4) is 11.5 Å². The molecule has 2 saturated heterocycles. The highest BCUT2D eigenvalue weighted by Gasteiger charge is 2.35. The summed E-state index contributed by atoms with van der Waals surface area (Å²) in [7, 11) is 0. The molecule has 1 N–H and O–H groups in total. The number of fused-ring (bicyclic) bond motifs is 1. The number of hydrogen-bond acceptors (Lipinski definition) is 7. The number of amides is 4. The smallest absolute Gasteiger partial charge is 0.293 e. The molecule has 33 heavy (non-hydrogen) atoms. The highest BCUT2D eigenvalue weighted by molar-refractivity contribution is 8.18. The van der Waals surface area contributed by atoms with Crippen LogP contribution in [-0.2, 0) is 14.4 Å². The van der Waals surface area contributed by atoms with Crippen molar-refractivity contribution in [2.24, 2.45) is 5.92 Å². The van der Waals surface area contributed by atoms with Gasteiger partial charge in [-0.25, -0.2) is 0 Å². The van der Waals surface area contributed by atoms with Crippen LogP contribution >= 0.6 is 11.8 Å². The minimum absolute atomic E-state index is 0.0852. The number of ether oxygens (including phenoxy) is 2. The molecule has 3 heterocycles. The lowest BCUT2D eigenvalue weighted by Gasteiger charge is -2.32. The van der Waals surface area contributed by atoms with Crippen molar-refractivity contribution in [1.82, 2.24) is 15.1 Å². The maximum Gasteiger partial charge on any atom is 0.293 e. The summed E-state index contributed by atoms with van der Waals surface area (Å²) in [6, 6.07) is 5.31. The Morgan fingerprint density at radius 1 is 1.24 bits per heavy atom. The summed E-state index contributed by atoms with van der Waals surface area (Å²) in [6.07, 6.45) is 4.44. The normalized spacial score (nSPS) is 21.1. The summed E-state index contributed by atoms with van der Waals surface area (Å²) in [6.45, 7) is 3.50. The molecule has 0 spiro atoms. The minimum Gasteiger partial charge on any atom is -0.454 e. The standard InChI is InChI=1S/C23H27N3O6S/c1-2-4-20(27)25-9-3-5-16(13-25)21(28)24-8-10-26-22(29)19(33-23(26)30)12-15-6-7-17-18(11-15)32-14-31-17/h6-7,11-12,16H,2-5,8-10,13-14H2,1H3,(H,24,28)/b19-12+. The average Bonchev–Trinajstić information content (AvgIpc) is 3.38. The summed E-state index contributed by atoms with van der Waals surface area (Å²) in [5.74, 6) is 0.537. The van der Waals surface area contributed by atoms with Crippen molar-refractivity contribution in [3.05, 3.63) is 28.7 Å².